The SMILES string of the molecule is CCNC1C(=O)Nc2cc(N(C)CCCN(C)C)ccc21. The van der Waals surface area contributed by atoms with Crippen molar-refractivity contribution < 1.29 is 4.79 Å². The first kappa shape index (κ1) is 15.8. The summed E-state index contributed by atoms with van der Waals surface area (Å²) in [5, 5.41) is 6.18. The fourth-order valence-corrected chi connectivity index (χ4v) is 2.65. The van der Waals surface area contributed by atoms with Crippen molar-refractivity contribution in [1.82, 2.24) is 10.2 Å². The maximum Gasteiger partial charge on any atom is 0.246 e. The van der Waals surface area contributed by atoms with Crippen LogP contribution >= 0.6 is 0 Å². The molecule has 1 atom stereocenters. The molecule has 0 aliphatic carbocycles. The van der Waals surface area contributed by atoms with Crippen LogP contribution < -0.4 is 15.5 Å². The summed E-state index contributed by atoms with van der Waals surface area (Å²) < 4.78 is 0. The molecule has 116 valence electrons. The van der Waals surface area contributed by atoms with Gasteiger partial charge in [-0.15, -0.1) is 0 Å². The van der Waals surface area contributed by atoms with Gasteiger partial charge in [0.05, 0.1) is 0 Å². The van der Waals surface area contributed by atoms with E-state index in [2.05, 4.69) is 59.8 Å². The van der Waals surface area contributed by atoms with Gasteiger partial charge in [-0.1, -0.05) is 13.0 Å². The van der Waals surface area contributed by atoms with Crippen molar-refractivity contribution in [2.75, 3.05) is 51.0 Å². The Morgan fingerprint density at radius 3 is 2.67 bits per heavy atom. The number of benzene rings is 1. The normalized spacial score (nSPS) is 17.0. The standard InChI is InChI=1S/C16H26N4O/c1-5-17-15-13-8-7-12(11-14(13)18-16(15)21)20(4)10-6-9-19(2)3/h7-8,11,15,17H,5-6,9-10H2,1-4H3,(H,18,21). The largest absolute Gasteiger partial charge is 0.374 e. The summed E-state index contributed by atoms with van der Waals surface area (Å²) in [5.41, 5.74) is 3.13. The van der Waals surface area contributed by atoms with Gasteiger partial charge in [0.1, 0.15) is 6.04 Å². The molecule has 21 heavy (non-hydrogen) atoms. The van der Waals surface area contributed by atoms with Gasteiger partial charge in [0, 0.05) is 30.5 Å². The Hall–Kier alpha value is -1.59. The molecule has 0 aromatic heterocycles. The van der Waals surface area contributed by atoms with E-state index in [1.807, 2.05) is 6.92 Å². The predicted molar refractivity (Wildman–Crippen MR) is 87.9 cm³/mol. The Morgan fingerprint density at radius 2 is 2.00 bits per heavy atom. The van der Waals surface area contributed by atoms with Crippen LogP contribution in [0.25, 0.3) is 0 Å². The fraction of sp³-hybridized carbons (Fsp3) is 0.562. The zero-order valence-corrected chi connectivity index (χ0v) is 13.4. The molecule has 0 radical (unpaired) electrons. The third kappa shape index (κ3) is 3.74. The molecule has 0 saturated heterocycles. The van der Waals surface area contributed by atoms with Gasteiger partial charge in [-0.25, -0.2) is 0 Å². The third-order valence-electron chi connectivity index (χ3n) is 3.82. The zero-order chi connectivity index (χ0) is 15.4. The molecule has 1 amide bonds. The van der Waals surface area contributed by atoms with E-state index in [1.165, 1.54) is 0 Å². The molecule has 1 unspecified atom stereocenters. The number of nitrogens with zero attached hydrogens (tertiary/aromatic N) is 2. The predicted octanol–water partition coefficient (Wildman–Crippen LogP) is 1.68. The Balaban J connectivity index is 2.05. The van der Waals surface area contributed by atoms with Gasteiger partial charge < -0.3 is 20.4 Å². The van der Waals surface area contributed by atoms with Crippen molar-refractivity contribution in [3.8, 4) is 0 Å². The summed E-state index contributed by atoms with van der Waals surface area (Å²) in [7, 11) is 6.27. The third-order valence-corrected chi connectivity index (χ3v) is 3.82. The lowest BCUT2D eigenvalue weighted by Gasteiger charge is -2.21. The molecule has 1 aliphatic heterocycles. The molecule has 1 heterocycles. The summed E-state index contributed by atoms with van der Waals surface area (Å²) in [5.74, 6) is 0.0410. The minimum absolute atomic E-state index is 0.0410. The summed E-state index contributed by atoms with van der Waals surface area (Å²) in [6.07, 6.45) is 1.12. The Labute approximate surface area is 127 Å². The van der Waals surface area contributed by atoms with Gasteiger partial charge in [0.25, 0.3) is 0 Å². The lowest BCUT2D eigenvalue weighted by Crippen LogP contribution is -2.27. The number of carbonyl (C=O) groups is 1. The number of hydrogen-bond donors (Lipinski definition) is 2. The van der Waals surface area contributed by atoms with Crippen molar-refractivity contribution in [3.63, 3.8) is 0 Å². The van der Waals surface area contributed by atoms with Crippen LogP contribution in [-0.4, -0.2) is 51.6 Å². The van der Waals surface area contributed by atoms with Crippen LogP contribution in [0.3, 0.4) is 0 Å². The topological polar surface area (TPSA) is 47.6 Å². The average molecular weight is 290 g/mol. The van der Waals surface area contributed by atoms with Crippen LogP contribution in [0.5, 0.6) is 0 Å². The second kappa shape index (κ2) is 6.91. The zero-order valence-electron chi connectivity index (χ0n) is 13.4. The highest BCUT2D eigenvalue weighted by Crippen LogP contribution is 2.33. The monoisotopic (exact) mass is 290 g/mol. The highest BCUT2D eigenvalue weighted by atomic mass is 16.2. The van der Waals surface area contributed by atoms with Crippen LogP contribution in [0.4, 0.5) is 11.4 Å². The number of nitrogens with one attached hydrogen (secondary N) is 2. The Bertz CT molecular complexity index is 501. The highest BCUT2D eigenvalue weighted by Gasteiger charge is 2.29. The smallest absolute Gasteiger partial charge is 0.246 e. The van der Waals surface area contributed by atoms with E-state index in [4.69, 9.17) is 0 Å². The van der Waals surface area contributed by atoms with E-state index in [0.29, 0.717) is 0 Å². The van der Waals surface area contributed by atoms with Crippen LogP contribution in [-0.2, 0) is 4.79 Å². The van der Waals surface area contributed by atoms with Gasteiger partial charge in [-0.3, -0.25) is 4.79 Å². The lowest BCUT2D eigenvalue weighted by atomic mass is 10.1. The highest BCUT2D eigenvalue weighted by molar-refractivity contribution is 6.03. The Morgan fingerprint density at radius 1 is 1.24 bits per heavy atom. The van der Waals surface area contributed by atoms with Crippen molar-refractivity contribution in [1.29, 1.82) is 0 Å². The fourth-order valence-electron chi connectivity index (χ4n) is 2.65. The second-order valence-corrected chi connectivity index (χ2v) is 5.83. The van der Waals surface area contributed by atoms with Crippen molar-refractivity contribution in [2.24, 2.45) is 0 Å². The molecule has 0 bridgehead atoms. The number of likely N-dealkylation sites (N-methyl/N-ethyl adjacent to an activating group) is 1. The van der Waals surface area contributed by atoms with E-state index >= 15 is 0 Å². The average Bonchev–Trinajstić information content (AvgIpc) is 2.74. The van der Waals surface area contributed by atoms with E-state index in [9.17, 15) is 4.79 Å². The maximum absolute atomic E-state index is 12.0. The van der Waals surface area contributed by atoms with E-state index in [0.717, 1.165) is 43.0 Å². The number of amides is 1. The van der Waals surface area contributed by atoms with Crippen LogP contribution in [0.2, 0.25) is 0 Å². The first-order valence-corrected chi connectivity index (χ1v) is 7.57. The number of fused-ring (bicyclic) bond motifs is 1. The minimum atomic E-state index is -0.210. The first-order valence-electron chi connectivity index (χ1n) is 7.57. The minimum Gasteiger partial charge on any atom is -0.374 e. The number of carbonyl (C=O) groups excluding carboxylic acids is 1. The van der Waals surface area contributed by atoms with Gasteiger partial charge in [-0.05, 0) is 45.7 Å². The van der Waals surface area contributed by atoms with Crippen LogP contribution in [0, 0.1) is 0 Å². The molecule has 5 heteroatoms. The molecular weight excluding hydrogens is 264 g/mol. The quantitative estimate of drug-likeness (QED) is 0.802. The lowest BCUT2D eigenvalue weighted by molar-refractivity contribution is -0.117. The van der Waals surface area contributed by atoms with Crippen LogP contribution in [0.1, 0.15) is 24.9 Å². The number of anilines is 2. The van der Waals surface area contributed by atoms with Gasteiger partial charge >= 0.3 is 0 Å². The Kier molecular flexibility index (Phi) is 5.20. The molecule has 2 rings (SSSR count). The number of rotatable bonds is 7. The first-order chi connectivity index (χ1) is 10.0. The van der Waals surface area contributed by atoms with E-state index < -0.39 is 0 Å². The molecule has 0 saturated carbocycles. The molecule has 0 spiro atoms. The molecular formula is C16H26N4O. The summed E-state index contributed by atoms with van der Waals surface area (Å²) in [6.45, 7) is 4.87. The molecule has 1 aromatic carbocycles. The summed E-state index contributed by atoms with van der Waals surface area (Å²) in [4.78, 5) is 16.4. The summed E-state index contributed by atoms with van der Waals surface area (Å²) >= 11 is 0. The summed E-state index contributed by atoms with van der Waals surface area (Å²) in [6, 6.07) is 6.01. The molecule has 2 N–H and O–H groups in total. The number of hydrogen-bond acceptors (Lipinski definition) is 4. The second-order valence-electron chi connectivity index (χ2n) is 5.83. The van der Waals surface area contributed by atoms with Gasteiger partial charge in [-0.2, -0.15) is 0 Å². The van der Waals surface area contributed by atoms with Crippen molar-refractivity contribution in [3.05, 3.63) is 23.8 Å². The van der Waals surface area contributed by atoms with Gasteiger partial charge in [0.2, 0.25) is 5.91 Å². The molecule has 1 aromatic rings. The molecule has 1 aliphatic rings. The van der Waals surface area contributed by atoms with Gasteiger partial charge in [0.15, 0.2) is 0 Å². The van der Waals surface area contributed by atoms with Crippen molar-refractivity contribution >= 4 is 17.3 Å². The van der Waals surface area contributed by atoms with Crippen LogP contribution in [0.15, 0.2) is 18.2 Å². The molecule has 0 fully saturated rings. The maximum atomic E-state index is 12.0. The molecule has 5 nitrogen and oxygen atoms in total. The van der Waals surface area contributed by atoms with E-state index in [-0.39, 0.29) is 11.9 Å². The van der Waals surface area contributed by atoms with E-state index in [1.54, 1.807) is 0 Å². The van der Waals surface area contributed by atoms with Crippen molar-refractivity contribution in [2.45, 2.75) is 19.4 Å².